The number of aromatic nitrogens is 2. The fourth-order valence-corrected chi connectivity index (χ4v) is 2.50. The Morgan fingerprint density at radius 3 is 3.00 bits per heavy atom. The van der Waals surface area contributed by atoms with E-state index in [1.165, 1.54) is 0 Å². The summed E-state index contributed by atoms with van der Waals surface area (Å²) in [4.78, 5) is 16.4. The number of halogens is 2. The van der Waals surface area contributed by atoms with Crippen LogP contribution in [0.15, 0.2) is 24.5 Å². The molecule has 0 aromatic carbocycles. The molecule has 1 amide bonds. The minimum atomic E-state index is -0.0289. The van der Waals surface area contributed by atoms with E-state index in [-0.39, 0.29) is 36.8 Å². The quantitative estimate of drug-likeness (QED) is 0.903. The van der Waals surface area contributed by atoms with Crippen LogP contribution in [-0.4, -0.2) is 27.9 Å². The van der Waals surface area contributed by atoms with Crippen LogP contribution in [0.4, 0.5) is 0 Å². The number of imidazole rings is 1. The molecule has 5 nitrogen and oxygen atoms in total. The van der Waals surface area contributed by atoms with Crippen molar-refractivity contribution in [2.24, 2.45) is 0 Å². The lowest BCUT2D eigenvalue weighted by atomic mass is 10.2. The highest BCUT2D eigenvalue weighted by atomic mass is 35.5. The third-order valence-electron chi connectivity index (χ3n) is 3.55. The summed E-state index contributed by atoms with van der Waals surface area (Å²) >= 11 is 0. The highest BCUT2D eigenvalue weighted by molar-refractivity contribution is 5.85. The van der Waals surface area contributed by atoms with Crippen LogP contribution in [0, 0.1) is 6.92 Å². The Kier molecular flexibility index (Phi) is 6.45. The number of nitrogens with zero attached hydrogens (tertiary/aromatic N) is 2. The predicted octanol–water partition coefficient (Wildman–Crippen LogP) is 1.85. The van der Waals surface area contributed by atoms with Crippen molar-refractivity contribution in [2.75, 3.05) is 6.54 Å². The molecule has 1 fully saturated rings. The highest BCUT2D eigenvalue weighted by Crippen LogP contribution is 2.10. The summed E-state index contributed by atoms with van der Waals surface area (Å²) in [6, 6.07) is 4.00. The molecule has 2 aromatic rings. The smallest absolute Gasteiger partial charge is 0.237 e. The number of aryl methyl sites for hydroxylation is 1. The Hall–Kier alpha value is -1.30. The van der Waals surface area contributed by atoms with E-state index in [4.69, 9.17) is 0 Å². The molecule has 0 aliphatic carbocycles. The Morgan fingerprint density at radius 2 is 2.33 bits per heavy atom. The first-order valence-electron chi connectivity index (χ1n) is 6.68. The van der Waals surface area contributed by atoms with Crippen LogP contribution < -0.4 is 10.6 Å². The lowest BCUT2D eigenvalue weighted by Gasteiger charge is -2.09. The van der Waals surface area contributed by atoms with E-state index in [2.05, 4.69) is 15.6 Å². The lowest BCUT2D eigenvalue weighted by Crippen LogP contribution is -2.40. The van der Waals surface area contributed by atoms with Crippen molar-refractivity contribution >= 4 is 36.4 Å². The van der Waals surface area contributed by atoms with Crippen LogP contribution in [0.1, 0.15) is 24.1 Å². The second kappa shape index (κ2) is 7.64. The van der Waals surface area contributed by atoms with Gasteiger partial charge < -0.3 is 15.0 Å². The molecule has 2 aromatic heterocycles. The fraction of sp³-hybridized carbons (Fsp3) is 0.429. The van der Waals surface area contributed by atoms with Gasteiger partial charge in [0.05, 0.1) is 18.3 Å². The van der Waals surface area contributed by atoms with Gasteiger partial charge in [0, 0.05) is 12.4 Å². The molecule has 1 saturated heterocycles. The summed E-state index contributed by atoms with van der Waals surface area (Å²) in [7, 11) is 0. The molecular weight excluding hydrogens is 311 g/mol. The van der Waals surface area contributed by atoms with Gasteiger partial charge >= 0.3 is 0 Å². The number of pyridine rings is 1. The Morgan fingerprint density at radius 1 is 1.52 bits per heavy atom. The van der Waals surface area contributed by atoms with Crippen molar-refractivity contribution < 1.29 is 4.79 Å². The van der Waals surface area contributed by atoms with Crippen molar-refractivity contribution in [3.05, 3.63) is 35.8 Å². The molecule has 1 atom stereocenters. The number of hydrogen-bond acceptors (Lipinski definition) is 3. The maximum Gasteiger partial charge on any atom is 0.237 e. The monoisotopic (exact) mass is 330 g/mol. The van der Waals surface area contributed by atoms with Gasteiger partial charge in [-0.1, -0.05) is 6.07 Å². The molecule has 116 valence electrons. The highest BCUT2D eigenvalue weighted by Gasteiger charge is 2.21. The van der Waals surface area contributed by atoms with E-state index >= 15 is 0 Å². The SMILES string of the molecule is Cc1cccn2cc(CNC(=O)C3CCCN3)nc12.Cl.Cl. The second-order valence-electron chi connectivity index (χ2n) is 5.02. The third-order valence-corrected chi connectivity index (χ3v) is 3.55. The van der Waals surface area contributed by atoms with Crippen molar-refractivity contribution in [1.82, 2.24) is 20.0 Å². The first-order chi connectivity index (χ1) is 9.24. The molecule has 1 aliphatic rings. The summed E-state index contributed by atoms with van der Waals surface area (Å²) in [6.45, 7) is 3.46. The van der Waals surface area contributed by atoms with Gasteiger partial charge in [-0.2, -0.15) is 0 Å². The number of nitrogens with one attached hydrogen (secondary N) is 2. The van der Waals surface area contributed by atoms with Crippen molar-refractivity contribution in [3.8, 4) is 0 Å². The van der Waals surface area contributed by atoms with Crippen LogP contribution in [-0.2, 0) is 11.3 Å². The average Bonchev–Trinajstić information content (AvgIpc) is 3.05. The molecule has 2 N–H and O–H groups in total. The van der Waals surface area contributed by atoms with E-state index in [9.17, 15) is 4.79 Å². The number of rotatable bonds is 3. The van der Waals surface area contributed by atoms with Crippen molar-refractivity contribution in [2.45, 2.75) is 32.4 Å². The molecule has 0 radical (unpaired) electrons. The fourth-order valence-electron chi connectivity index (χ4n) is 2.50. The summed E-state index contributed by atoms with van der Waals surface area (Å²) < 4.78 is 1.99. The molecule has 0 spiro atoms. The van der Waals surface area contributed by atoms with Crippen LogP contribution in [0.5, 0.6) is 0 Å². The molecule has 1 unspecified atom stereocenters. The summed E-state index contributed by atoms with van der Waals surface area (Å²) in [5, 5.41) is 6.13. The van der Waals surface area contributed by atoms with Crippen LogP contribution in [0.2, 0.25) is 0 Å². The predicted molar refractivity (Wildman–Crippen MR) is 87.3 cm³/mol. The van der Waals surface area contributed by atoms with Gasteiger partial charge in [-0.05, 0) is 37.9 Å². The van der Waals surface area contributed by atoms with E-state index in [0.29, 0.717) is 6.54 Å². The first-order valence-corrected chi connectivity index (χ1v) is 6.68. The molecule has 3 heterocycles. The number of carbonyl (C=O) groups excluding carboxylic acids is 1. The normalized spacial score (nSPS) is 17.1. The largest absolute Gasteiger partial charge is 0.349 e. The third kappa shape index (κ3) is 3.87. The topological polar surface area (TPSA) is 58.4 Å². The average molecular weight is 331 g/mol. The molecule has 0 bridgehead atoms. The first kappa shape index (κ1) is 17.8. The zero-order chi connectivity index (χ0) is 13.2. The number of carbonyl (C=O) groups is 1. The van der Waals surface area contributed by atoms with Crippen LogP contribution in [0.3, 0.4) is 0 Å². The standard InChI is InChI=1S/C14H18N4O.2ClH/c1-10-4-3-7-18-9-11(17-13(10)18)8-16-14(19)12-5-2-6-15-12;;/h3-4,7,9,12,15H,2,5-6,8H2,1H3,(H,16,19);2*1H. The zero-order valence-corrected chi connectivity index (χ0v) is 13.5. The molecular formula is C14H20Cl2N4O. The lowest BCUT2D eigenvalue weighted by molar-refractivity contribution is -0.122. The molecule has 3 rings (SSSR count). The van der Waals surface area contributed by atoms with Gasteiger partial charge in [-0.15, -0.1) is 24.8 Å². The van der Waals surface area contributed by atoms with Crippen LogP contribution in [0.25, 0.3) is 5.65 Å². The molecule has 21 heavy (non-hydrogen) atoms. The summed E-state index contributed by atoms with van der Waals surface area (Å²) in [5.74, 6) is 0.0753. The summed E-state index contributed by atoms with van der Waals surface area (Å²) in [6.07, 6.45) is 5.94. The second-order valence-corrected chi connectivity index (χ2v) is 5.02. The number of fused-ring (bicyclic) bond motifs is 1. The van der Waals surface area contributed by atoms with E-state index in [1.807, 2.05) is 35.9 Å². The van der Waals surface area contributed by atoms with Gasteiger partial charge in [0.2, 0.25) is 5.91 Å². The molecule has 0 saturated carbocycles. The number of hydrogen-bond donors (Lipinski definition) is 2. The van der Waals surface area contributed by atoms with E-state index in [0.717, 1.165) is 36.3 Å². The Balaban J connectivity index is 0.00000110. The van der Waals surface area contributed by atoms with Gasteiger partial charge in [0.1, 0.15) is 5.65 Å². The van der Waals surface area contributed by atoms with Crippen LogP contribution >= 0.6 is 24.8 Å². The minimum absolute atomic E-state index is 0. The van der Waals surface area contributed by atoms with Gasteiger partial charge in [-0.25, -0.2) is 4.98 Å². The van der Waals surface area contributed by atoms with E-state index in [1.54, 1.807) is 0 Å². The van der Waals surface area contributed by atoms with Gasteiger partial charge in [0.15, 0.2) is 0 Å². The maximum absolute atomic E-state index is 11.9. The zero-order valence-electron chi connectivity index (χ0n) is 11.8. The van der Waals surface area contributed by atoms with Crippen molar-refractivity contribution in [1.29, 1.82) is 0 Å². The Labute approximate surface area is 136 Å². The minimum Gasteiger partial charge on any atom is -0.349 e. The summed E-state index contributed by atoms with van der Waals surface area (Å²) in [5.41, 5.74) is 2.98. The number of amides is 1. The Bertz CT molecular complexity index is 608. The van der Waals surface area contributed by atoms with Crippen molar-refractivity contribution in [3.63, 3.8) is 0 Å². The molecule has 7 heteroatoms. The van der Waals surface area contributed by atoms with Gasteiger partial charge in [0.25, 0.3) is 0 Å². The van der Waals surface area contributed by atoms with E-state index < -0.39 is 0 Å². The van der Waals surface area contributed by atoms with Gasteiger partial charge in [-0.3, -0.25) is 4.79 Å². The maximum atomic E-state index is 11.9. The molecule has 1 aliphatic heterocycles.